The normalized spacial score (nSPS) is 16.3. The number of nitrogens with one attached hydrogen (secondary N) is 2. The topological polar surface area (TPSA) is 52.8 Å². The van der Waals surface area contributed by atoms with E-state index in [1.54, 1.807) is 0 Å². The molecule has 3 rings (SSSR count). The molecule has 1 fully saturated rings. The molecule has 2 aromatic heterocycles. The van der Waals surface area contributed by atoms with Crippen molar-refractivity contribution in [3.05, 3.63) is 45.5 Å². The lowest BCUT2D eigenvalue weighted by molar-refractivity contribution is 0.213. The van der Waals surface area contributed by atoms with Crippen molar-refractivity contribution in [1.82, 2.24) is 15.5 Å². The molecule has 0 amide bonds. The third-order valence-corrected chi connectivity index (χ3v) is 5.58. The number of likely N-dealkylation sites (tertiary alicyclic amines) is 1. The quantitative estimate of drug-likeness (QED) is 0.366. The average molecular weight is 488 g/mol. The van der Waals surface area contributed by atoms with E-state index in [4.69, 9.17) is 4.42 Å². The Hall–Kier alpha value is -1.06. The van der Waals surface area contributed by atoms with Gasteiger partial charge in [-0.25, -0.2) is 0 Å². The Kier molecular flexibility index (Phi) is 8.43. The van der Waals surface area contributed by atoms with Crippen LogP contribution in [-0.2, 0) is 6.54 Å². The zero-order valence-electron chi connectivity index (χ0n) is 15.7. The molecule has 2 N–H and O–H groups in total. The van der Waals surface area contributed by atoms with Crippen LogP contribution in [0.2, 0.25) is 0 Å². The first-order valence-corrected chi connectivity index (χ1v) is 9.77. The fourth-order valence-corrected chi connectivity index (χ4v) is 4.09. The predicted octanol–water partition coefficient (Wildman–Crippen LogP) is 4.08. The van der Waals surface area contributed by atoms with Crippen molar-refractivity contribution in [3.63, 3.8) is 0 Å². The van der Waals surface area contributed by atoms with E-state index in [9.17, 15) is 0 Å². The number of furan rings is 1. The zero-order valence-corrected chi connectivity index (χ0v) is 18.9. The Labute approximate surface area is 177 Å². The van der Waals surface area contributed by atoms with E-state index in [2.05, 4.69) is 45.6 Å². The fraction of sp³-hybridized carbons (Fsp3) is 0.526. The molecule has 0 saturated carbocycles. The van der Waals surface area contributed by atoms with Gasteiger partial charge in [-0.2, -0.15) is 0 Å². The number of hydrogen-bond donors (Lipinski definition) is 2. The maximum absolute atomic E-state index is 5.92. The molecule has 0 radical (unpaired) electrons. The minimum Gasteiger partial charge on any atom is -0.465 e. The molecule has 3 heterocycles. The molecule has 1 atom stereocenters. The standard InChI is InChI=1S/C19H28N4OS.HI/c1-14-6-9-18(24-14)17(23-10-4-5-11-23)13-22-19(20-3)21-12-16-8-7-15(2)25-16;/h6-9,17H,4-5,10-13H2,1-3H3,(H2,20,21,22);1H. The van der Waals surface area contributed by atoms with Gasteiger partial charge in [0.1, 0.15) is 11.5 Å². The molecular formula is C19H29IN4OS. The summed E-state index contributed by atoms with van der Waals surface area (Å²) in [5.74, 6) is 2.84. The molecule has 5 nitrogen and oxygen atoms in total. The molecule has 144 valence electrons. The SMILES string of the molecule is CN=C(NCc1ccc(C)s1)NCC(c1ccc(C)o1)N1CCCC1.I. The van der Waals surface area contributed by atoms with Crippen molar-refractivity contribution in [2.45, 2.75) is 39.3 Å². The summed E-state index contributed by atoms with van der Waals surface area (Å²) in [7, 11) is 1.82. The lowest BCUT2D eigenvalue weighted by Gasteiger charge is -2.26. The van der Waals surface area contributed by atoms with Gasteiger partial charge in [-0.1, -0.05) is 0 Å². The van der Waals surface area contributed by atoms with E-state index in [1.807, 2.05) is 31.4 Å². The summed E-state index contributed by atoms with van der Waals surface area (Å²) in [5.41, 5.74) is 0. The average Bonchev–Trinajstić information content (AvgIpc) is 3.34. The molecule has 0 aromatic carbocycles. The Morgan fingerprint density at radius 2 is 1.96 bits per heavy atom. The zero-order chi connectivity index (χ0) is 17.6. The second kappa shape index (κ2) is 10.3. The highest BCUT2D eigenvalue weighted by Crippen LogP contribution is 2.26. The molecule has 26 heavy (non-hydrogen) atoms. The van der Waals surface area contributed by atoms with Crippen LogP contribution < -0.4 is 10.6 Å². The van der Waals surface area contributed by atoms with E-state index in [-0.39, 0.29) is 30.0 Å². The van der Waals surface area contributed by atoms with Gasteiger partial charge >= 0.3 is 0 Å². The molecular weight excluding hydrogens is 459 g/mol. The molecule has 1 aliphatic heterocycles. The first-order valence-electron chi connectivity index (χ1n) is 8.96. The van der Waals surface area contributed by atoms with Crippen LogP contribution >= 0.6 is 35.3 Å². The maximum Gasteiger partial charge on any atom is 0.191 e. The first-order chi connectivity index (χ1) is 12.2. The van der Waals surface area contributed by atoms with Crippen molar-refractivity contribution < 1.29 is 4.42 Å². The summed E-state index contributed by atoms with van der Waals surface area (Å²) in [6.07, 6.45) is 2.53. The van der Waals surface area contributed by atoms with Crippen LogP contribution in [-0.4, -0.2) is 37.5 Å². The fourth-order valence-electron chi connectivity index (χ4n) is 3.26. The number of hydrogen-bond acceptors (Lipinski definition) is 4. The van der Waals surface area contributed by atoms with Gasteiger partial charge in [-0.3, -0.25) is 9.89 Å². The summed E-state index contributed by atoms with van der Waals surface area (Å²) in [4.78, 5) is 9.51. The number of nitrogens with zero attached hydrogens (tertiary/aromatic N) is 2. The van der Waals surface area contributed by atoms with Crippen molar-refractivity contribution >= 4 is 41.3 Å². The van der Waals surface area contributed by atoms with Crippen molar-refractivity contribution in [2.24, 2.45) is 4.99 Å². The van der Waals surface area contributed by atoms with E-state index in [1.165, 1.54) is 22.6 Å². The Morgan fingerprint density at radius 1 is 1.19 bits per heavy atom. The van der Waals surface area contributed by atoms with Gasteiger partial charge in [0.25, 0.3) is 0 Å². The van der Waals surface area contributed by atoms with E-state index in [0.717, 1.165) is 43.7 Å². The summed E-state index contributed by atoms with van der Waals surface area (Å²) in [5, 5.41) is 6.87. The highest BCUT2D eigenvalue weighted by Gasteiger charge is 2.26. The summed E-state index contributed by atoms with van der Waals surface area (Å²) in [6.45, 7) is 7.98. The molecule has 2 aromatic rings. The van der Waals surface area contributed by atoms with Crippen LogP contribution in [0.3, 0.4) is 0 Å². The summed E-state index contributed by atoms with van der Waals surface area (Å²) < 4.78 is 5.92. The van der Waals surface area contributed by atoms with Gasteiger partial charge in [0.15, 0.2) is 5.96 Å². The molecule has 0 spiro atoms. The lowest BCUT2D eigenvalue weighted by Crippen LogP contribution is -2.42. The Balaban J connectivity index is 0.00000243. The van der Waals surface area contributed by atoms with Crippen molar-refractivity contribution in [1.29, 1.82) is 0 Å². The summed E-state index contributed by atoms with van der Waals surface area (Å²) >= 11 is 1.82. The molecule has 1 aliphatic rings. The van der Waals surface area contributed by atoms with E-state index < -0.39 is 0 Å². The number of guanidine groups is 1. The van der Waals surface area contributed by atoms with Crippen molar-refractivity contribution in [2.75, 3.05) is 26.7 Å². The van der Waals surface area contributed by atoms with Crippen LogP contribution in [0.15, 0.2) is 33.7 Å². The number of aliphatic imine (C=N–C) groups is 1. The third-order valence-electron chi connectivity index (χ3n) is 4.58. The van der Waals surface area contributed by atoms with Gasteiger partial charge in [-0.05, 0) is 64.0 Å². The van der Waals surface area contributed by atoms with E-state index in [0.29, 0.717) is 0 Å². The van der Waals surface area contributed by atoms with Gasteiger partial charge in [-0.15, -0.1) is 35.3 Å². The van der Waals surface area contributed by atoms with Crippen LogP contribution in [0, 0.1) is 13.8 Å². The number of aryl methyl sites for hydroxylation is 2. The molecule has 7 heteroatoms. The van der Waals surface area contributed by atoms with Gasteiger partial charge < -0.3 is 15.1 Å². The van der Waals surface area contributed by atoms with Gasteiger partial charge in [0, 0.05) is 23.3 Å². The Bertz CT molecular complexity index is 706. The van der Waals surface area contributed by atoms with Crippen LogP contribution in [0.5, 0.6) is 0 Å². The van der Waals surface area contributed by atoms with Gasteiger partial charge in [0.05, 0.1) is 12.6 Å². The minimum absolute atomic E-state index is 0. The second-order valence-electron chi connectivity index (χ2n) is 6.53. The highest BCUT2D eigenvalue weighted by molar-refractivity contribution is 14.0. The summed E-state index contributed by atoms with van der Waals surface area (Å²) in [6, 6.07) is 8.72. The molecule has 1 unspecified atom stereocenters. The van der Waals surface area contributed by atoms with Gasteiger partial charge in [0.2, 0.25) is 0 Å². The first kappa shape index (κ1) is 21.2. The maximum atomic E-state index is 5.92. The Morgan fingerprint density at radius 3 is 2.54 bits per heavy atom. The molecule has 0 bridgehead atoms. The highest BCUT2D eigenvalue weighted by atomic mass is 127. The predicted molar refractivity (Wildman–Crippen MR) is 120 cm³/mol. The third kappa shape index (κ3) is 5.72. The number of thiophene rings is 1. The van der Waals surface area contributed by atoms with Crippen LogP contribution in [0.25, 0.3) is 0 Å². The second-order valence-corrected chi connectivity index (χ2v) is 7.90. The van der Waals surface area contributed by atoms with Crippen LogP contribution in [0.1, 0.15) is 40.2 Å². The van der Waals surface area contributed by atoms with E-state index >= 15 is 0 Å². The lowest BCUT2D eigenvalue weighted by atomic mass is 10.2. The largest absolute Gasteiger partial charge is 0.465 e. The molecule has 0 aliphatic carbocycles. The molecule has 1 saturated heterocycles. The number of halogens is 1. The smallest absolute Gasteiger partial charge is 0.191 e. The van der Waals surface area contributed by atoms with Crippen LogP contribution in [0.4, 0.5) is 0 Å². The minimum atomic E-state index is 0. The van der Waals surface area contributed by atoms with Crippen molar-refractivity contribution in [3.8, 4) is 0 Å². The number of rotatable bonds is 6. The monoisotopic (exact) mass is 488 g/mol.